The molecule has 1 saturated carbocycles. The van der Waals surface area contributed by atoms with Crippen molar-refractivity contribution in [2.24, 2.45) is 0 Å². The van der Waals surface area contributed by atoms with Crippen LogP contribution in [0, 0.1) is 6.92 Å². The molecule has 0 unspecified atom stereocenters. The van der Waals surface area contributed by atoms with Gasteiger partial charge in [0.05, 0.1) is 10.2 Å². The van der Waals surface area contributed by atoms with E-state index in [1.54, 1.807) is 12.4 Å². The van der Waals surface area contributed by atoms with Crippen molar-refractivity contribution < 1.29 is 0 Å². The van der Waals surface area contributed by atoms with Crippen LogP contribution in [-0.2, 0) is 0 Å². The van der Waals surface area contributed by atoms with Crippen LogP contribution in [0.2, 0.25) is 0 Å². The summed E-state index contributed by atoms with van der Waals surface area (Å²) in [6.45, 7) is 2.02. The summed E-state index contributed by atoms with van der Waals surface area (Å²) >= 11 is 3.48. The lowest BCUT2D eigenvalue weighted by Crippen LogP contribution is -2.03. The minimum absolute atomic E-state index is 0.505. The zero-order chi connectivity index (χ0) is 12.7. The van der Waals surface area contributed by atoms with E-state index in [0.29, 0.717) is 17.6 Å². The molecule has 0 amide bonds. The Morgan fingerprint density at radius 1 is 1.33 bits per heavy atom. The molecule has 1 aliphatic carbocycles. The van der Waals surface area contributed by atoms with Crippen molar-refractivity contribution >= 4 is 21.7 Å². The Balaban J connectivity index is 2.16. The van der Waals surface area contributed by atoms with Crippen LogP contribution in [0.5, 0.6) is 0 Å². The molecule has 2 N–H and O–H groups in total. The zero-order valence-electron chi connectivity index (χ0n) is 10.0. The lowest BCUT2D eigenvalue weighted by atomic mass is 10.1. The van der Waals surface area contributed by atoms with Crippen LogP contribution in [0.25, 0.3) is 11.4 Å². The van der Waals surface area contributed by atoms with E-state index in [-0.39, 0.29) is 0 Å². The Bertz CT molecular complexity index is 608. The summed E-state index contributed by atoms with van der Waals surface area (Å²) in [5, 5.41) is 0. The maximum Gasteiger partial charge on any atom is 0.163 e. The Morgan fingerprint density at radius 3 is 2.78 bits per heavy atom. The van der Waals surface area contributed by atoms with Crippen LogP contribution in [-0.4, -0.2) is 15.0 Å². The van der Waals surface area contributed by atoms with Crippen molar-refractivity contribution in [1.82, 2.24) is 15.0 Å². The fourth-order valence-corrected chi connectivity index (χ4v) is 2.43. The molecule has 2 aromatic heterocycles. The molecule has 0 aromatic carbocycles. The molecule has 18 heavy (non-hydrogen) atoms. The predicted molar refractivity (Wildman–Crippen MR) is 74.1 cm³/mol. The van der Waals surface area contributed by atoms with Gasteiger partial charge < -0.3 is 5.73 Å². The number of rotatable bonds is 2. The molecule has 3 rings (SSSR count). The number of nitrogens with zero attached hydrogens (tertiary/aromatic N) is 3. The Labute approximate surface area is 114 Å². The van der Waals surface area contributed by atoms with E-state index in [9.17, 15) is 0 Å². The number of pyridine rings is 1. The molecule has 0 aliphatic heterocycles. The van der Waals surface area contributed by atoms with Crippen molar-refractivity contribution in [1.29, 1.82) is 0 Å². The Kier molecular flexibility index (Phi) is 2.78. The topological polar surface area (TPSA) is 64.7 Å². The van der Waals surface area contributed by atoms with Gasteiger partial charge in [0.25, 0.3) is 0 Å². The van der Waals surface area contributed by atoms with E-state index in [0.717, 1.165) is 21.3 Å². The quantitative estimate of drug-likeness (QED) is 0.926. The highest BCUT2D eigenvalue weighted by Gasteiger charge is 2.29. The van der Waals surface area contributed by atoms with Gasteiger partial charge in [-0.2, -0.15) is 0 Å². The highest BCUT2D eigenvalue weighted by Crippen LogP contribution is 2.44. The van der Waals surface area contributed by atoms with Gasteiger partial charge in [-0.1, -0.05) is 0 Å². The van der Waals surface area contributed by atoms with Crippen molar-refractivity contribution in [2.75, 3.05) is 5.73 Å². The lowest BCUT2D eigenvalue weighted by Gasteiger charge is -2.09. The van der Waals surface area contributed by atoms with Gasteiger partial charge in [-0.25, -0.2) is 9.97 Å². The smallest absolute Gasteiger partial charge is 0.163 e. The molecular formula is C13H13BrN4. The first kappa shape index (κ1) is 11.6. The average Bonchev–Trinajstić information content (AvgIpc) is 3.17. The third-order valence-corrected chi connectivity index (χ3v) is 3.96. The summed E-state index contributed by atoms with van der Waals surface area (Å²) < 4.78 is 0.843. The first-order chi connectivity index (χ1) is 8.66. The van der Waals surface area contributed by atoms with Gasteiger partial charge in [-0.3, -0.25) is 4.98 Å². The second-order valence-electron chi connectivity index (χ2n) is 4.60. The highest BCUT2D eigenvalue weighted by atomic mass is 79.9. The largest absolute Gasteiger partial charge is 0.383 e. The highest BCUT2D eigenvalue weighted by molar-refractivity contribution is 9.10. The Morgan fingerprint density at radius 2 is 2.11 bits per heavy atom. The monoisotopic (exact) mass is 304 g/mol. The second kappa shape index (κ2) is 4.31. The van der Waals surface area contributed by atoms with Gasteiger partial charge in [-0.05, 0) is 47.3 Å². The normalized spacial score (nSPS) is 14.8. The fourth-order valence-electron chi connectivity index (χ4n) is 1.93. The van der Waals surface area contributed by atoms with E-state index in [2.05, 4.69) is 30.9 Å². The summed E-state index contributed by atoms with van der Waals surface area (Å²) in [6, 6.07) is 1.95. The van der Waals surface area contributed by atoms with Crippen molar-refractivity contribution in [3.8, 4) is 11.4 Å². The number of nitrogen functional groups attached to an aromatic ring is 1. The van der Waals surface area contributed by atoms with E-state index in [1.807, 2.05) is 13.0 Å². The first-order valence-electron chi connectivity index (χ1n) is 5.90. The van der Waals surface area contributed by atoms with E-state index >= 15 is 0 Å². The number of aromatic nitrogens is 3. The van der Waals surface area contributed by atoms with Crippen LogP contribution in [0.1, 0.15) is 30.0 Å². The number of anilines is 1. The number of nitrogens with two attached hydrogens (primary N) is 1. The predicted octanol–water partition coefficient (Wildman–Crippen LogP) is 3.07. The van der Waals surface area contributed by atoms with Crippen LogP contribution in [0.15, 0.2) is 22.9 Å². The van der Waals surface area contributed by atoms with Gasteiger partial charge in [0.15, 0.2) is 5.82 Å². The second-order valence-corrected chi connectivity index (χ2v) is 5.39. The Hall–Kier alpha value is -1.49. The number of hydrogen-bond acceptors (Lipinski definition) is 4. The molecular weight excluding hydrogens is 292 g/mol. The molecule has 92 valence electrons. The summed E-state index contributed by atoms with van der Waals surface area (Å²) in [4.78, 5) is 13.1. The number of hydrogen-bond donors (Lipinski definition) is 1. The summed E-state index contributed by atoms with van der Waals surface area (Å²) in [5.74, 6) is 1.70. The molecule has 0 atom stereocenters. The van der Waals surface area contributed by atoms with Gasteiger partial charge in [0.2, 0.25) is 0 Å². The standard InChI is InChI=1S/C13H13BrN4/c1-7-4-5-16-6-9(7)13-17-11(8-2-3-8)10(14)12(15)18-13/h4-6,8H,2-3H2,1H3,(H2,15,17,18). The van der Waals surface area contributed by atoms with Crippen LogP contribution < -0.4 is 5.73 Å². The maximum absolute atomic E-state index is 5.96. The minimum atomic E-state index is 0.505. The molecule has 2 aromatic rings. The summed E-state index contributed by atoms with van der Waals surface area (Å²) in [6.07, 6.45) is 5.92. The minimum Gasteiger partial charge on any atom is -0.383 e. The fraction of sp³-hybridized carbons (Fsp3) is 0.308. The summed E-state index contributed by atoms with van der Waals surface area (Å²) in [5.41, 5.74) is 9.03. The van der Waals surface area contributed by atoms with Gasteiger partial charge >= 0.3 is 0 Å². The van der Waals surface area contributed by atoms with Crippen LogP contribution >= 0.6 is 15.9 Å². The summed E-state index contributed by atoms with van der Waals surface area (Å²) in [7, 11) is 0. The first-order valence-corrected chi connectivity index (χ1v) is 6.70. The van der Waals surface area contributed by atoms with E-state index < -0.39 is 0 Å². The molecule has 0 bridgehead atoms. The zero-order valence-corrected chi connectivity index (χ0v) is 11.6. The van der Waals surface area contributed by atoms with Crippen molar-refractivity contribution in [3.63, 3.8) is 0 Å². The molecule has 1 aliphatic rings. The van der Waals surface area contributed by atoms with Gasteiger partial charge in [0, 0.05) is 23.9 Å². The van der Waals surface area contributed by atoms with Gasteiger partial charge in [0.1, 0.15) is 5.82 Å². The van der Waals surface area contributed by atoms with Crippen molar-refractivity contribution in [3.05, 3.63) is 34.2 Å². The molecule has 0 radical (unpaired) electrons. The number of aryl methyl sites for hydroxylation is 1. The van der Waals surface area contributed by atoms with Crippen molar-refractivity contribution in [2.45, 2.75) is 25.7 Å². The van der Waals surface area contributed by atoms with E-state index in [1.165, 1.54) is 12.8 Å². The number of halogens is 1. The van der Waals surface area contributed by atoms with Gasteiger partial charge in [-0.15, -0.1) is 0 Å². The SMILES string of the molecule is Cc1ccncc1-c1nc(N)c(Br)c(C2CC2)n1. The maximum atomic E-state index is 5.96. The third-order valence-electron chi connectivity index (χ3n) is 3.15. The molecule has 0 saturated heterocycles. The van der Waals surface area contributed by atoms with E-state index in [4.69, 9.17) is 5.73 Å². The third kappa shape index (κ3) is 1.99. The lowest BCUT2D eigenvalue weighted by molar-refractivity contribution is 0.981. The molecule has 4 nitrogen and oxygen atoms in total. The molecule has 5 heteroatoms. The molecule has 1 fully saturated rings. The van der Waals surface area contributed by atoms with Crippen LogP contribution in [0.3, 0.4) is 0 Å². The molecule has 2 heterocycles. The molecule has 0 spiro atoms. The van der Waals surface area contributed by atoms with Crippen LogP contribution in [0.4, 0.5) is 5.82 Å². The average molecular weight is 305 g/mol.